The van der Waals surface area contributed by atoms with Crippen molar-refractivity contribution in [1.82, 2.24) is 5.32 Å². The molecule has 4 rings (SSSR count). The summed E-state index contributed by atoms with van der Waals surface area (Å²) < 4.78 is 40.0. The van der Waals surface area contributed by atoms with Crippen LogP contribution in [0.25, 0.3) is 21.5 Å². The lowest BCUT2D eigenvalue weighted by Gasteiger charge is -2.20. The topological polar surface area (TPSA) is 72.2 Å². The lowest BCUT2D eigenvalue weighted by molar-refractivity contribution is -0.137. The average Bonchev–Trinajstić information content (AvgIpc) is 2.77. The summed E-state index contributed by atoms with van der Waals surface area (Å²) in [4.78, 5) is 24.9. The van der Waals surface area contributed by atoms with Crippen LogP contribution in [0.15, 0.2) is 78.9 Å². The molecule has 0 aliphatic carbocycles. The fourth-order valence-corrected chi connectivity index (χ4v) is 3.92. The van der Waals surface area contributed by atoms with E-state index in [0.29, 0.717) is 0 Å². The average molecular weight is 436 g/mol. The second-order valence-electron chi connectivity index (χ2n) is 7.47. The third kappa shape index (κ3) is 4.14. The van der Waals surface area contributed by atoms with Crippen LogP contribution in [0.4, 0.5) is 13.2 Å². The fraction of sp³-hybridized carbons (Fsp3) is 0.120. The smallest absolute Gasteiger partial charge is 0.368 e. The second-order valence-corrected chi connectivity index (χ2v) is 7.47. The Morgan fingerprint density at radius 1 is 0.844 bits per heavy atom. The van der Waals surface area contributed by atoms with Crippen molar-refractivity contribution >= 4 is 33.4 Å². The first-order valence-corrected chi connectivity index (χ1v) is 9.91. The Morgan fingerprint density at radius 3 is 1.94 bits per heavy atom. The van der Waals surface area contributed by atoms with Gasteiger partial charge in [0.25, 0.3) is 5.91 Å². The summed E-state index contributed by atoms with van der Waals surface area (Å²) in [5.74, 6) is -1.84. The number of carbonyl (C=O) groups is 2. The van der Waals surface area contributed by atoms with Crippen LogP contribution in [0.5, 0.6) is 0 Å². The van der Waals surface area contributed by atoms with Crippen molar-refractivity contribution in [3.05, 3.63) is 95.6 Å². The Bertz CT molecular complexity index is 1280. The van der Waals surface area contributed by atoms with Crippen molar-refractivity contribution in [2.45, 2.75) is 18.6 Å². The zero-order valence-corrected chi connectivity index (χ0v) is 16.8. The Labute approximate surface area is 181 Å². The highest BCUT2D eigenvalue weighted by atomic mass is 19.4. The normalized spacial score (nSPS) is 12.6. The van der Waals surface area contributed by atoms with Gasteiger partial charge in [0, 0.05) is 6.42 Å². The maximum absolute atomic E-state index is 13.3. The third-order valence-electron chi connectivity index (χ3n) is 5.42. The highest BCUT2D eigenvalue weighted by Gasteiger charge is 2.35. The van der Waals surface area contributed by atoms with Gasteiger partial charge in [-0.25, -0.2) is 0 Å². The van der Waals surface area contributed by atoms with Crippen LogP contribution in [0.2, 0.25) is 0 Å². The molecule has 1 atom stereocenters. The van der Waals surface area contributed by atoms with Crippen LogP contribution in [0.1, 0.15) is 21.5 Å². The Kier molecular flexibility index (Phi) is 5.57. The minimum absolute atomic E-state index is 0.0388. The van der Waals surface area contributed by atoms with Crippen molar-refractivity contribution in [3.8, 4) is 0 Å². The SMILES string of the molecule is NC(=O)[C@@H](Cc1c2ccccc2cc2ccccc12)NC(=O)c1ccccc1C(F)(F)F. The number of carbonyl (C=O) groups excluding carboxylic acids is 2. The number of hydrogen-bond acceptors (Lipinski definition) is 2. The number of amides is 2. The maximum atomic E-state index is 13.3. The fourth-order valence-electron chi connectivity index (χ4n) is 3.92. The number of nitrogens with two attached hydrogens (primary N) is 1. The quantitative estimate of drug-likeness (QED) is 0.440. The summed E-state index contributed by atoms with van der Waals surface area (Å²) in [7, 11) is 0. The molecule has 0 bridgehead atoms. The van der Waals surface area contributed by atoms with Crippen LogP contribution < -0.4 is 11.1 Å². The lowest BCUT2D eigenvalue weighted by Crippen LogP contribution is -2.46. The van der Waals surface area contributed by atoms with Crippen molar-refractivity contribution < 1.29 is 22.8 Å². The molecule has 3 N–H and O–H groups in total. The van der Waals surface area contributed by atoms with Crippen LogP contribution in [-0.4, -0.2) is 17.9 Å². The lowest BCUT2D eigenvalue weighted by atomic mass is 9.92. The molecule has 4 aromatic carbocycles. The standard InChI is InChI=1S/C25H19F3N2O2/c26-25(27,28)21-12-6-5-11-19(21)24(32)30-22(23(29)31)14-20-17-9-3-1-7-15(17)13-16-8-2-4-10-18(16)20/h1-13,22H,14H2,(H2,29,31)(H,30,32)/t22-/m1/s1. The van der Waals surface area contributed by atoms with E-state index in [2.05, 4.69) is 5.32 Å². The van der Waals surface area contributed by atoms with E-state index in [1.807, 2.05) is 54.6 Å². The van der Waals surface area contributed by atoms with E-state index >= 15 is 0 Å². The first-order valence-electron chi connectivity index (χ1n) is 9.91. The largest absolute Gasteiger partial charge is 0.417 e. The number of nitrogens with one attached hydrogen (secondary N) is 1. The summed E-state index contributed by atoms with van der Waals surface area (Å²) in [5, 5.41) is 6.05. The van der Waals surface area contributed by atoms with Gasteiger partial charge >= 0.3 is 6.18 Å². The number of benzene rings is 4. The van der Waals surface area contributed by atoms with Crippen molar-refractivity contribution in [1.29, 1.82) is 0 Å². The number of fused-ring (bicyclic) bond motifs is 2. The minimum Gasteiger partial charge on any atom is -0.368 e. The van der Waals surface area contributed by atoms with Gasteiger partial charge in [-0.15, -0.1) is 0 Å². The predicted octanol–water partition coefficient (Wildman–Crippen LogP) is 4.84. The number of halogens is 3. The van der Waals surface area contributed by atoms with Crippen LogP contribution >= 0.6 is 0 Å². The van der Waals surface area contributed by atoms with Crippen molar-refractivity contribution in [2.75, 3.05) is 0 Å². The monoisotopic (exact) mass is 436 g/mol. The molecule has 0 saturated carbocycles. The summed E-state index contributed by atoms with van der Waals surface area (Å²) >= 11 is 0. The van der Waals surface area contributed by atoms with Gasteiger partial charge in [-0.3, -0.25) is 9.59 Å². The molecule has 0 aromatic heterocycles. The summed E-state index contributed by atoms with van der Waals surface area (Å²) in [6.07, 6.45) is -4.67. The Hall–Kier alpha value is -3.87. The van der Waals surface area contributed by atoms with E-state index in [1.54, 1.807) is 0 Å². The van der Waals surface area contributed by atoms with E-state index < -0.39 is 35.2 Å². The molecular formula is C25H19F3N2O2. The zero-order chi connectivity index (χ0) is 22.9. The van der Waals surface area contributed by atoms with Gasteiger partial charge in [-0.2, -0.15) is 13.2 Å². The molecule has 0 heterocycles. The van der Waals surface area contributed by atoms with Gasteiger partial charge in [0.05, 0.1) is 11.1 Å². The molecule has 0 fully saturated rings. The molecule has 0 saturated heterocycles. The van der Waals surface area contributed by atoms with Crippen LogP contribution in [0.3, 0.4) is 0 Å². The first-order chi connectivity index (χ1) is 15.3. The van der Waals surface area contributed by atoms with E-state index in [0.717, 1.165) is 39.2 Å². The number of primary amides is 1. The second kappa shape index (κ2) is 8.34. The van der Waals surface area contributed by atoms with Gasteiger partial charge < -0.3 is 11.1 Å². The van der Waals surface area contributed by atoms with E-state index in [9.17, 15) is 22.8 Å². The van der Waals surface area contributed by atoms with E-state index in [-0.39, 0.29) is 6.42 Å². The number of hydrogen-bond donors (Lipinski definition) is 2. The molecule has 0 aliphatic heterocycles. The van der Waals surface area contributed by atoms with Gasteiger partial charge in [0.15, 0.2) is 0 Å². The van der Waals surface area contributed by atoms with E-state index in [4.69, 9.17) is 5.73 Å². The molecule has 0 radical (unpaired) electrons. The van der Waals surface area contributed by atoms with Gasteiger partial charge in [0.1, 0.15) is 6.04 Å². The molecule has 162 valence electrons. The third-order valence-corrected chi connectivity index (χ3v) is 5.42. The Morgan fingerprint density at radius 2 is 1.38 bits per heavy atom. The number of rotatable bonds is 5. The highest BCUT2D eigenvalue weighted by Crippen LogP contribution is 2.32. The molecule has 0 aliphatic rings. The summed E-state index contributed by atoms with van der Waals surface area (Å²) in [6, 6.07) is 20.4. The predicted molar refractivity (Wildman–Crippen MR) is 117 cm³/mol. The Balaban J connectivity index is 1.74. The molecular weight excluding hydrogens is 417 g/mol. The molecule has 2 amide bonds. The first kappa shape index (κ1) is 21.4. The number of alkyl halides is 3. The molecule has 32 heavy (non-hydrogen) atoms. The summed E-state index contributed by atoms with van der Waals surface area (Å²) in [6.45, 7) is 0. The summed E-state index contributed by atoms with van der Waals surface area (Å²) in [5.41, 5.74) is 4.70. The van der Waals surface area contributed by atoms with Crippen molar-refractivity contribution in [2.24, 2.45) is 5.73 Å². The van der Waals surface area contributed by atoms with Crippen molar-refractivity contribution in [3.63, 3.8) is 0 Å². The molecule has 4 nitrogen and oxygen atoms in total. The van der Waals surface area contributed by atoms with Crippen LogP contribution in [0, 0.1) is 0 Å². The minimum atomic E-state index is -4.71. The van der Waals surface area contributed by atoms with Gasteiger partial charge in [-0.1, -0.05) is 60.7 Å². The molecule has 7 heteroatoms. The maximum Gasteiger partial charge on any atom is 0.417 e. The molecule has 0 spiro atoms. The zero-order valence-electron chi connectivity index (χ0n) is 16.8. The van der Waals surface area contributed by atoms with Gasteiger partial charge in [-0.05, 0) is 45.3 Å². The van der Waals surface area contributed by atoms with Crippen LogP contribution in [-0.2, 0) is 17.4 Å². The molecule has 4 aromatic rings. The van der Waals surface area contributed by atoms with E-state index in [1.165, 1.54) is 12.1 Å². The van der Waals surface area contributed by atoms with Gasteiger partial charge in [0.2, 0.25) is 5.91 Å². The molecule has 0 unspecified atom stereocenters. The highest BCUT2D eigenvalue weighted by molar-refractivity contribution is 6.03.